The molecule has 1 aromatic carbocycles. The Morgan fingerprint density at radius 1 is 1.33 bits per heavy atom. The summed E-state index contributed by atoms with van der Waals surface area (Å²) in [5, 5.41) is 24.2. The summed E-state index contributed by atoms with van der Waals surface area (Å²) in [6.07, 6.45) is 0. The highest BCUT2D eigenvalue weighted by atomic mass is 32.2. The lowest BCUT2D eigenvalue weighted by Gasteiger charge is -2.07. The average molecular weight is 309 g/mol. The number of ether oxygens (including phenoxy) is 1. The molecule has 1 heterocycles. The summed E-state index contributed by atoms with van der Waals surface area (Å²) >= 11 is 1.62. The fraction of sp³-hybridized carbons (Fsp3) is 0.462. The molecule has 114 valence electrons. The van der Waals surface area contributed by atoms with Gasteiger partial charge in [0.25, 0.3) is 0 Å². The van der Waals surface area contributed by atoms with Gasteiger partial charge in [-0.1, -0.05) is 23.9 Å². The second kappa shape index (κ2) is 8.60. The molecule has 0 saturated carbocycles. The number of benzene rings is 1. The van der Waals surface area contributed by atoms with Crippen LogP contribution in [0.1, 0.15) is 5.56 Å². The zero-order valence-electron chi connectivity index (χ0n) is 11.9. The standard InChI is InChI=1S/C13H19N5O2S/c1-18-13(15-16-17-18)21-9-6-14-10-11-2-4-12(5-3-11)20-8-7-19/h2-5,14,19H,6-10H2,1H3. The third kappa shape index (κ3) is 5.33. The van der Waals surface area contributed by atoms with Crippen molar-refractivity contribution in [2.75, 3.05) is 25.5 Å². The van der Waals surface area contributed by atoms with E-state index in [0.717, 1.165) is 29.7 Å². The van der Waals surface area contributed by atoms with E-state index in [9.17, 15) is 0 Å². The fourth-order valence-corrected chi connectivity index (χ4v) is 2.40. The second-order valence-corrected chi connectivity index (χ2v) is 5.39. The molecule has 21 heavy (non-hydrogen) atoms. The second-order valence-electron chi connectivity index (χ2n) is 4.33. The molecule has 2 rings (SSSR count). The van der Waals surface area contributed by atoms with E-state index in [-0.39, 0.29) is 6.61 Å². The largest absolute Gasteiger partial charge is 0.491 e. The van der Waals surface area contributed by atoms with Crippen molar-refractivity contribution in [3.63, 3.8) is 0 Å². The van der Waals surface area contributed by atoms with Crippen molar-refractivity contribution in [3.8, 4) is 5.75 Å². The zero-order chi connectivity index (χ0) is 14.9. The van der Waals surface area contributed by atoms with Crippen molar-refractivity contribution < 1.29 is 9.84 Å². The maximum atomic E-state index is 8.68. The lowest BCUT2D eigenvalue weighted by atomic mass is 10.2. The van der Waals surface area contributed by atoms with Crippen LogP contribution in [0.3, 0.4) is 0 Å². The zero-order valence-corrected chi connectivity index (χ0v) is 12.7. The number of nitrogens with zero attached hydrogens (tertiary/aromatic N) is 4. The van der Waals surface area contributed by atoms with Gasteiger partial charge in [0.05, 0.1) is 6.61 Å². The van der Waals surface area contributed by atoms with Crippen molar-refractivity contribution in [2.45, 2.75) is 11.7 Å². The van der Waals surface area contributed by atoms with Crippen molar-refractivity contribution in [2.24, 2.45) is 7.05 Å². The van der Waals surface area contributed by atoms with E-state index in [1.807, 2.05) is 31.3 Å². The lowest BCUT2D eigenvalue weighted by Crippen LogP contribution is -2.16. The molecule has 0 amide bonds. The molecule has 0 unspecified atom stereocenters. The summed E-state index contributed by atoms with van der Waals surface area (Å²) in [6.45, 7) is 2.03. The minimum absolute atomic E-state index is 0.0298. The van der Waals surface area contributed by atoms with Gasteiger partial charge >= 0.3 is 0 Å². The minimum Gasteiger partial charge on any atom is -0.491 e. The monoisotopic (exact) mass is 309 g/mol. The molecule has 8 heteroatoms. The van der Waals surface area contributed by atoms with Crippen LogP contribution in [0.15, 0.2) is 29.4 Å². The normalized spacial score (nSPS) is 10.8. The Labute approximate surface area is 127 Å². The van der Waals surface area contributed by atoms with E-state index in [4.69, 9.17) is 9.84 Å². The summed E-state index contributed by atoms with van der Waals surface area (Å²) in [7, 11) is 1.83. The molecule has 0 aliphatic rings. The maximum absolute atomic E-state index is 8.68. The Hall–Kier alpha value is -1.64. The topological polar surface area (TPSA) is 85.1 Å². The molecule has 0 spiro atoms. The molecule has 0 aliphatic heterocycles. The van der Waals surface area contributed by atoms with E-state index < -0.39 is 0 Å². The van der Waals surface area contributed by atoms with E-state index in [1.54, 1.807) is 16.4 Å². The third-order valence-corrected chi connectivity index (χ3v) is 3.72. The summed E-state index contributed by atoms with van der Waals surface area (Å²) in [6, 6.07) is 7.85. The molecule has 2 aromatic rings. The molecule has 0 fully saturated rings. The van der Waals surface area contributed by atoms with Gasteiger partial charge < -0.3 is 15.2 Å². The molecule has 1 aromatic heterocycles. The average Bonchev–Trinajstić information content (AvgIpc) is 2.91. The third-order valence-electron chi connectivity index (χ3n) is 2.70. The van der Waals surface area contributed by atoms with Gasteiger partial charge in [-0.3, -0.25) is 0 Å². The van der Waals surface area contributed by atoms with Crippen LogP contribution in [0, 0.1) is 0 Å². The number of aliphatic hydroxyl groups is 1. The van der Waals surface area contributed by atoms with Crippen LogP contribution in [-0.2, 0) is 13.6 Å². The number of aliphatic hydroxyl groups excluding tert-OH is 1. The first-order valence-electron chi connectivity index (χ1n) is 6.68. The van der Waals surface area contributed by atoms with Gasteiger partial charge in [-0.2, -0.15) is 0 Å². The first-order chi connectivity index (χ1) is 10.3. The van der Waals surface area contributed by atoms with E-state index in [2.05, 4.69) is 20.8 Å². The highest BCUT2D eigenvalue weighted by molar-refractivity contribution is 7.99. The number of rotatable bonds is 9. The number of aromatic nitrogens is 4. The summed E-state index contributed by atoms with van der Waals surface area (Å²) in [5.41, 5.74) is 1.19. The van der Waals surface area contributed by atoms with Crippen LogP contribution < -0.4 is 10.1 Å². The molecule has 0 aliphatic carbocycles. The smallest absolute Gasteiger partial charge is 0.209 e. The van der Waals surface area contributed by atoms with Crippen molar-refractivity contribution in [3.05, 3.63) is 29.8 Å². The van der Waals surface area contributed by atoms with Gasteiger partial charge in [0, 0.05) is 25.9 Å². The summed E-state index contributed by atoms with van der Waals surface area (Å²) in [5.74, 6) is 1.68. The van der Waals surface area contributed by atoms with Gasteiger partial charge in [-0.05, 0) is 28.1 Å². The highest BCUT2D eigenvalue weighted by Gasteiger charge is 2.01. The Morgan fingerprint density at radius 2 is 2.14 bits per heavy atom. The molecule has 7 nitrogen and oxygen atoms in total. The van der Waals surface area contributed by atoms with Gasteiger partial charge in [0.15, 0.2) is 0 Å². The van der Waals surface area contributed by atoms with Crippen LogP contribution in [0.4, 0.5) is 0 Å². The van der Waals surface area contributed by atoms with E-state index >= 15 is 0 Å². The minimum atomic E-state index is 0.0298. The molecule has 0 atom stereocenters. The van der Waals surface area contributed by atoms with Crippen LogP contribution in [0.25, 0.3) is 0 Å². The van der Waals surface area contributed by atoms with Crippen LogP contribution in [0.5, 0.6) is 5.75 Å². The SMILES string of the molecule is Cn1nnnc1SCCNCc1ccc(OCCO)cc1. The van der Waals surface area contributed by atoms with Crippen molar-refractivity contribution in [1.29, 1.82) is 0 Å². The molecule has 0 saturated heterocycles. The Morgan fingerprint density at radius 3 is 2.81 bits per heavy atom. The van der Waals surface area contributed by atoms with Crippen LogP contribution in [0.2, 0.25) is 0 Å². The Balaban J connectivity index is 1.63. The number of hydrogen-bond acceptors (Lipinski definition) is 7. The first-order valence-corrected chi connectivity index (χ1v) is 7.66. The number of tetrazole rings is 1. The van der Waals surface area contributed by atoms with Crippen LogP contribution in [-0.4, -0.2) is 50.8 Å². The van der Waals surface area contributed by atoms with Crippen molar-refractivity contribution >= 4 is 11.8 Å². The van der Waals surface area contributed by atoms with Gasteiger partial charge in [0.1, 0.15) is 12.4 Å². The number of nitrogens with one attached hydrogen (secondary N) is 1. The summed E-state index contributed by atoms with van der Waals surface area (Å²) in [4.78, 5) is 0. The summed E-state index contributed by atoms with van der Waals surface area (Å²) < 4.78 is 6.97. The first kappa shape index (κ1) is 15.7. The fourth-order valence-electron chi connectivity index (χ4n) is 1.66. The van der Waals surface area contributed by atoms with Gasteiger partial charge in [-0.15, -0.1) is 5.10 Å². The molecular formula is C13H19N5O2S. The quantitative estimate of drug-likeness (QED) is 0.514. The van der Waals surface area contributed by atoms with Gasteiger partial charge in [0.2, 0.25) is 5.16 Å². The van der Waals surface area contributed by atoms with E-state index in [0.29, 0.717) is 6.61 Å². The predicted octanol–water partition coefficient (Wildman–Crippen LogP) is 0.463. The van der Waals surface area contributed by atoms with Gasteiger partial charge in [-0.25, -0.2) is 4.68 Å². The lowest BCUT2D eigenvalue weighted by molar-refractivity contribution is 0.201. The Bertz CT molecular complexity index is 532. The molecule has 2 N–H and O–H groups in total. The number of thioether (sulfide) groups is 1. The molecule has 0 radical (unpaired) electrons. The van der Waals surface area contributed by atoms with Crippen molar-refractivity contribution in [1.82, 2.24) is 25.5 Å². The highest BCUT2D eigenvalue weighted by Crippen LogP contribution is 2.13. The number of hydrogen-bond donors (Lipinski definition) is 2. The number of aryl methyl sites for hydroxylation is 1. The molecular weight excluding hydrogens is 290 g/mol. The predicted molar refractivity (Wildman–Crippen MR) is 80.3 cm³/mol. The Kier molecular flexibility index (Phi) is 6.45. The maximum Gasteiger partial charge on any atom is 0.209 e. The molecule has 0 bridgehead atoms. The van der Waals surface area contributed by atoms with Crippen LogP contribution >= 0.6 is 11.8 Å². The van der Waals surface area contributed by atoms with E-state index in [1.165, 1.54) is 5.56 Å².